The summed E-state index contributed by atoms with van der Waals surface area (Å²) in [5.41, 5.74) is 1.92. The number of piperazine rings is 1. The van der Waals surface area contributed by atoms with Crippen LogP contribution >= 0.6 is 0 Å². The lowest BCUT2D eigenvalue weighted by atomic mass is 10.1. The van der Waals surface area contributed by atoms with Crippen LogP contribution in [0, 0.1) is 0 Å². The molecule has 0 atom stereocenters. The van der Waals surface area contributed by atoms with Crippen LogP contribution in [-0.4, -0.2) is 67.1 Å². The van der Waals surface area contributed by atoms with Crippen molar-refractivity contribution in [3.05, 3.63) is 59.7 Å². The van der Waals surface area contributed by atoms with E-state index in [1.54, 1.807) is 13.2 Å². The van der Waals surface area contributed by atoms with Crippen LogP contribution in [0.1, 0.15) is 22.3 Å². The Morgan fingerprint density at radius 3 is 2.41 bits per heavy atom. The zero-order valence-electron chi connectivity index (χ0n) is 15.9. The van der Waals surface area contributed by atoms with E-state index < -0.39 is 0 Å². The maximum Gasteiger partial charge on any atom is 0.176 e. The van der Waals surface area contributed by atoms with Crippen LogP contribution < -0.4 is 4.74 Å². The number of ether oxygens (including phenoxy) is 1. The Morgan fingerprint density at radius 2 is 1.74 bits per heavy atom. The second-order valence-corrected chi connectivity index (χ2v) is 7.04. The molecule has 1 fully saturated rings. The summed E-state index contributed by atoms with van der Waals surface area (Å²) in [4.78, 5) is 17.1. The number of benzene rings is 2. The predicted octanol–water partition coefficient (Wildman–Crippen LogP) is 2.83. The van der Waals surface area contributed by atoms with Crippen LogP contribution in [0.25, 0.3) is 0 Å². The van der Waals surface area contributed by atoms with Gasteiger partial charge < -0.3 is 14.7 Å². The Kier molecular flexibility index (Phi) is 6.85. The van der Waals surface area contributed by atoms with Gasteiger partial charge in [0.25, 0.3) is 0 Å². The quantitative estimate of drug-likeness (QED) is 0.726. The molecule has 3 rings (SSSR count). The van der Waals surface area contributed by atoms with Gasteiger partial charge >= 0.3 is 0 Å². The zero-order chi connectivity index (χ0) is 19.1. The number of hydrogen-bond acceptors (Lipinski definition) is 5. The van der Waals surface area contributed by atoms with E-state index in [0.717, 1.165) is 56.9 Å². The summed E-state index contributed by atoms with van der Waals surface area (Å²) >= 11 is 0. The fourth-order valence-electron chi connectivity index (χ4n) is 3.46. The van der Waals surface area contributed by atoms with Crippen molar-refractivity contribution in [1.82, 2.24) is 9.80 Å². The summed E-state index contributed by atoms with van der Waals surface area (Å²) in [5, 5.41) is 9.52. The number of carbonyl (C=O) groups is 1. The minimum atomic E-state index is 0.162. The topological polar surface area (TPSA) is 53.0 Å². The lowest BCUT2D eigenvalue weighted by Gasteiger charge is -2.34. The molecule has 0 bridgehead atoms. The van der Waals surface area contributed by atoms with Crippen LogP contribution in [0.3, 0.4) is 0 Å². The summed E-state index contributed by atoms with van der Waals surface area (Å²) in [6.45, 7) is 5.37. The smallest absolute Gasteiger partial charge is 0.176 e. The van der Waals surface area contributed by atoms with Gasteiger partial charge in [-0.05, 0) is 61.3 Å². The first-order valence-corrected chi connectivity index (χ1v) is 9.54. The van der Waals surface area contributed by atoms with Crippen LogP contribution in [0.4, 0.5) is 0 Å². The first-order chi connectivity index (χ1) is 13.1. The SMILES string of the molecule is COc1ccc(C(=O)CN2CCN(CCCc3cccc(O)c3)CC2)cc1. The Morgan fingerprint density at radius 1 is 1.04 bits per heavy atom. The van der Waals surface area contributed by atoms with Crippen molar-refractivity contribution in [2.75, 3.05) is 46.4 Å². The molecule has 2 aromatic rings. The van der Waals surface area contributed by atoms with E-state index in [2.05, 4.69) is 15.9 Å². The Hall–Kier alpha value is -2.37. The molecular weight excluding hydrogens is 340 g/mol. The molecule has 1 aliphatic rings. The molecular formula is C22H28N2O3. The second kappa shape index (κ2) is 9.53. The highest BCUT2D eigenvalue weighted by Gasteiger charge is 2.19. The number of ketones is 1. The van der Waals surface area contributed by atoms with E-state index in [-0.39, 0.29) is 5.78 Å². The highest BCUT2D eigenvalue weighted by atomic mass is 16.5. The first kappa shape index (κ1) is 19.4. The van der Waals surface area contributed by atoms with Gasteiger partial charge in [0.1, 0.15) is 11.5 Å². The van der Waals surface area contributed by atoms with Gasteiger partial charge in [0.05, 0.1) is 13.7 Å². The fourth-order valence-corrected chi connectivity index (χ4v) is 3.46. The van der Waals surface area contributed by atoms with E-state index >= 15 is 0 Å². The number of phenolic OH excluding ortho intramolecular Hbond substituents is 1. The van der Waals surface area contributed by atoms with Gasteiger partial charge in [-0.2, -0.15) is 0 Å². The average molecular weight is 368 g/mol. The zero-order valence-corrected chi connectivity index (χ0v) is 15.9. The Balaban J connectivity index is 1.37. The molecule has 1 N–H and O–H groups in total. The maximum atomic E-state index is 12.4. The van der Waals surface area contributed by atoms with Crippen LogP contribution in [0.2, 0.25) is 0 Å². The molecule has 0 spiro atoms. The molecule has 5 heteroatoms. The molecule has 2 aromatic carbocycles. The molecule has 0 aliphatic carbocycles. The highest BCUT2D eigenvalue weighted by Crippen LogP contribution is 2.14. The van der Waals surface area contributed by atoms with Crippen molar-refractivity contribution >= 4 is 5.78 Å². The van der Waals surface area contributed by atoms with Gasteiger partial charge in [0.15, 0.2) is 5.78 Å². The van der Waals surface area contributed by atoms with Gasteiger partial charge in [-0.1, -0.05) is 12.1 Å². The number of Topliss-reactive ketones (excluding diaryl/α,β-unsaturated/α-hetero) is 1. The molecule has 1 aliphatic heterocycles. The number of rotatable bonds is 8. The van der Waals surface area contributed by atoms with Gasteiger partial charge in [-0.15, -0.1) is 0 Å². The summed E-state index contributed by atoms with van der Waals surface area (Å²) < 4.78 is 5.14. The minimum absolute atomic E-state index is 0.162. The van der Waals surface area contributed by atoms with E-state index in [1.807, 2.05) is 36.4 Å². The third kappa shape index (κ3) is 5.81. The average Bonchev–Trinajstić information content (AvgIpc) is 2.69. The van der Waals surface area contributed by atoms with Crippen molar-refractivity contribution in [2.45, 2.75) is 12.8 Å². The van der Waals surface area contributed by atoms with Crippen LogP contribution in [0.15, 0.2) is 48.5 Å². The molecule has 0 radical (unpaired) electrons. The minimum Gasteiger partial charge on any atom is -0.508 e. The number of phenols is 1. The lowest BCUT2D eigenvalue weighted by Crippen LogP contribution is -2.48. The van der Waals surface area contributed by atoms with Crippen LogP contribution in [0.5, 0.6) is 11.5 Å². The van der Waals surface area contributed by atoms with Crippen molar-refractivity contribution in [2.24, 2.45) is 0 Å². The number of aromatic hydroxyl groups is 1. The van der Waals surface area contributed by atoms with E-state index in [4.69, 9.17) is 4.74 Å². The summed E-state index contributed by atoms with van der Waals surface area (Å²) in [6, 6.07) is 14.8. The second-order valence-electron chi connectivity index (χ2n) is 7.04. The molecule has 0 aromatic heterocycles. The standard InChI is InChI=1S/C22H28N2O3/c1-27-21-9-7-19(8-10-21)22(26)17-24-14-12-23(13-15-24)11-3-5-18-4-2-6-20(25)16-18/h2,4,6-10,16,25H,3,5,11-15,17H2,1H3. The van der Waals surface area contributed by atoms with E-state index in [9.17, 15) is 9.90 Å². The number of methoxy groups -OCH3 is 1. The molecule has 0 amide bonds. The third-order valence-corrected chi connectivity index (χ3v) is 5.09. The molecule has 5 nitrogen and oxygen atoms in total. The summed E-state index contributed by atoms with van der Waals surface area (Å²) in [5.74, 6) is 1.27. The first-order valence-electron chi connectivity index (χ1n) is 9.54. The van der Waals surface area contributed by atoms with Gasteiger partial charge in [-0.3, -0.25) is 9.69 Å². The van der Waals surface area contributed by atoms with Gasteiger partial charge in [0.2, 0.25) is 0 Å². The number of aryl methyl sites for hydroxylation is 1. The lowest BCUT2D eigenvalue weighted by molar-refractivity contribution is 0.0851. The normalized spacial score (nSPS) is 15.6. The highest BCUT2D eigenvalue weighted by molar-refractivity contribution is 5.97. The molecule has 27 heavy (non-hydrogen) atoms. The summed E-state index contributed by atoms with van der Waals surface area (Å²) in [7, 11) is 1.63. The summed E-state index contributed by atoms with van der Waals surface area (Å²) in [6.07, 6.45) is 2.05. The fraction of sp³-hybridized carbons (Fsp3) is 0.409. The van der Waals surface area contributed by atoms with Crippen molar-refractivity contribution in [3.8, 4) is 11.5 Å². The third-order valence-electron chi connectivity index (χ3n) is 5.09. The number of hydrogen-bond donors (Lipinski definition) is 1. The molecule has 1 heterocycles. The number of nitrogens with zero attached hydrogens (tertiary/aromatic N) is 2. The Bertz CT molecular complexity index is 737. The maximum absolute atomic E-state index is 12.4. The van der Waals surface area contributed by atoms with Gasteiger partial charge in [0, 0.05) is 31.7 Å². The van der Waals surface area contributed by atoms with Crippen molar-refractivity contribution < 1.29 is 14.6 Å². The largest absolute Gasteiger partial charge is 0.508 e. The number of carbonyl (C=O) groups excluding carboxylic acids is 1. The Labute approximate surface area is 161 Å². The van der Waals surface area contributed by atoms with Crippen molar-refractivity contribution in [1.29, 1.82) is 0 Å². The molecule has 144 valence electrons. The monoisotopic (exact) mass is 368 g/mol. The molecule has 0 saturated carbocycles. The van der Waals surface area contributed by atoms with Crippen molar-refractivity contribution in [3.63, 3.8) is 0 Å². The predicted molar refractivity (Wildman–Crippen MR) is 107 cm³/mol. The molecule has 1 saturated heterocycles. The van der Waals surface area contributed by atoms with E-state index in [1.165, 1.54) is 5.56 Å². The molecule has 0 unspecified atom stereocenters. The van der Waals surface area contributed by atoms with E-state index in [0.29, 0.717) is 12.3 Å². The van der Waals surface area contributed by atoms with Gasteiger partial charge in [-0.25, -0.2) is 0 Å². The van der Waals surface area contributed by atoms with Crippen LogP contribution in [-0.2, 0) is 6.42 Å².